The van der Waals surface area contributed by atoms with Crippen molar-refractivity contribution in [2.75, 3.05) is 0 Å². The number of aryl methyl sites for hydroxylation is 1. The van der Waals surface area contributed by atoms with Crippen LogP contribution in [0.1, 0.15) is 24.7 Å². The second-order valence-electron chi connectivity index (χ2n) is 2.66. The summed E-state index contributed by atoms with van der Waals surface area (Å²) in [5, 5.41) is 0. The lowest BCUT2D eigenvalue weighted by Crippen LogP contribution is -2.05. The van der Waals surface area contributed by atoms with Crippen LogP contribution in [-0.4, -0.2) is 15.8 Å². The summed E-state index contributed by atoms with van der Waals surface area (Å²) in [5.74, 6) is 0.207. The minimum Gasteiger partial charge on any atom is -0.299 e. The average Bonchev–Trinajstić information content (AvgIpc) is 2.09. The van der Waals surface area contributed by atoms with Gasteiger partial charge in [0, 0.05) is 18.8 Å². The molecule has 0 amide bonds. The Kier molecular flexibility index (Phi) is 2.91. The van der Waals surface area contributed by atoms with Crippen LogP contribution in [0.15, 0.2) is 12.4 Å². The van der Waals surface area contributed by atoms with Gasteiger partial charge >= 0.3 is 0 Å². The fourth-order valence-electron chi connectivity index (χ4n) is 0.922. The molecule has 3 nitrogen and oxygen atoms in total. The Morgan fingerprint density at radius 3 is 2.67 bits per heavy atom. The largest absolute Gasteiger partial charge is 0.299 e. The van der Waals surface area contributed by atoms with Crippen molar-refractivity contribution in [2.24, 2.45) is 0 Å². The highest BCUT2D eigenvalue weighted by molar-refractivity contribution is 5.80. The van der Waals surface area contributed by atoms with Gasteiger partial charge in [0.15, 0.2) is 0 Å². The Labute approximate surface area is 71.9 Å². The van der Waals surface area contributed by atoms with Gasteiger partial charge in [0.25, 0.3) is 0 Å². The van der Waals surface area contributed by atoms with Crippen molar-refractivity contribution in [1.82, 2.24) is 9.97 Å². The van der Waals surface area contributed by atoms with E-state index in [0.717, 1.165) is 11.4 Å². The predicted molar refractivity (Wildman–Crippen MR) is 45.8 cm³/mol. The minimum absolute atomic E-state index is 0.207. The van der Waals surface area contributed by atoms with Gasteiger partial charge in [-0.1, -0.05) is 6.92 Å². The lowest BCUT2D eigenvalue weighted by molar-refractivity contribution is -0.118. The van der Waals surface area contributed by atoms with E-state index in [1.54, 1.807) is 12.4 Å². The summed E-state index contributed by atoms with van der Waals surface area (Å²) in [6.45, 7) is 3.72. The van der Waals surface area contributed by atoms with Gasteiger partial charge in [0.1, 0.15) is 5.78 Å². The molecule has 0 spiro atoms. The topological polar surface area (TPSA) is 42.9 Å². The molecule has 0 bridgehead atoms. The van der Waals surface area contributed by atoms with E-state index in [9.17, 15) is 4.79 Å². The Morgan fingerprint density at radius 2 is 2.08 bits per heavy atom. The molecule has 3 heteroatoms. The highest BCUT2D eigenvalue weighted by atomic mass is 16.1. The number of ketones is 1. The van der Waals surface area contributed by atoms with Crippen molar-refractivity contribution >= 4 is 5.78 Å². The van der Waals surface area contributed by atoms with E-state index < -0.39 is 0 Å². The zero-order chi connectivity index (χ0) is 8.97. The van der Waals surface area contributed by atoms with Crippen molar-refractivity contribution in [3.8, 4) is 0 Å². The molecule has 1 rings (SSSR count). The molecule has 64 valence electrons. The first-order valence-corrected chi connectivity index (χ1v) is 4.02. The number of hydrogen-bond acceptors (Lipinski definition) is 3. The molecular weight excluding hydrogens is 152 g/mol. The third kappa shape index (κ3) is 2.12. The van der Waals surface area contributed by atoms with E-state index >= 15 is 0 Å². The van der Waals surface area contributed by atoms with Gasteiger partial charge in [-0.25, -0.2) is 0 Å². The van der Waals surface area contributed by atoms with E-state index in [-0.39, 0.29) is 5.78 Å². The van der Waals surface area contributed by atoms with Crippen LogP contribution < -0.4 is 0 Å². The lowest BCUT2D eigenvalue weighted by Gasteiger charge is -2.00. The summed E-state index contributed by atoms with van der Waals surface area (Å²) in [5.41, 5.74) is 1.64. The van der Waals surface area contributed by atoms with Crippen molar-refractivity contribution in [3.63, 3.8) is 0 Å². The highest BCUT2D eigenvalue weighted by Gasteiger charge is 2.04. The number of rotatable bonds is 3. The van der Waals surface area contributed by atoms with E-state index in [1.165, 1.54) is 0 Å². The fraction of sp³-hybridized carbons (Fsp3) is 0.444. The smallest absolute Gasteiger partial charge is 0.138 e. The first kappa shape index (κ1) is 8.84. The molecule has 0 atom stereocenters. The van der Waals surface area contributed by atoms with Crippen LogP contribution in [0.5, 0.6) is 0 Å². The maximum atomic E-state index is 11.1. The minimum atomic E-state index is 0.207. The zero-order valence-corrected chi connectivity index (χ0v) is 7.37. The van der Waals surface area contributed by atoms with Crippen LogP contribution in [0.2, 0.25) is 0 Å². The van der Waals surface area contributed by atoms with Crippen LogP contribution in [0.25, 0.3) is 0 Å². The molecule has 0 saturated heterocycles. The molecule has 0 saturated carbocycles. The summed E-state index contributed by atoms with van der Waals surface area (Å²) in [6, 6.07) is 0. The Morgan fingerprint density at radius 1 is 1.42 bits per heavy atom. The first-order valence-electron chi connectivity index (χ1n) is 4.02. The number of nitrogens with zero attached hydrogens (tertiary/aromatic N) is 2. The third-order valence-corrected chi connectivity index (χ3v) is 1.74. The summed E-state index contributed by atoms with van der Waals surface area (Å²) < 4.78 is 0. The Bertz CT molecular complexity index is 284. The Hall–Kier alpha value is -1.25. The van der Waals surface area contributed by atoms with Crippen LogP contribution in [-0.2, 0) is 11.2 Å². The highest BCUT2D eigenvalue weighted by Crippen LogP contribution is 2.01. The number of carbonyl (C=O) groups is 1. The number of Topliss-reactive ketones (excluding diaryl/α,β-unsaturated/α-hetero) is 1. The van der Waals surface area contributed by atoms with Gasteiger partial charge in [0.2, 0.25) is 0 Å². The zero-order valence-electron chi connectivity index (χ0n) is 7.37. The van der Waals surface area contributed by atoms with Crippen LogP contribution in [0.3, 0.4) is 0 Å². The molecular formula is C9H12N2O. The average molecular weight is 164 g/mol. The van der Waals surface area contributed by atoms with E-state index in [1.807, 2.05) is 13.8 Å². The monoisotopic (exact) mass is 164 g/mol. The molecule has 1 aromatic heterocycles. The maximum Gasteiger partial charge on any atom is 0.138 e. The van der Waals surface area contributed by atoms with Crippen molar-refractivity contribution in [2.45, 2.75) is 26.7 Å². The summed E-state index contributed by atoms with van der Waals surface area (Å²) in [4.78, 5) is 19.2. The van der Waals surface area contributed by atoms with Gasteiger partial charge in [-0.05, 0) is 6.92 Å². The summed E-state index contributed by atoms with van der Waals surface area (Å²) >= 11 is 0. The molecule has 0 aliphatic carbocycles. The lowest BCUT2D eigenvalue weighted by atomic mass is 10.1. The molecule has 0 aliphatic rings. The third-order valence-electron chi connectivity index (χ3n) is 1.74. The molecule has 1 aromatic rings. The van der Waals surface area contributed by atoms with Crippen LogP contribution in [0.4, 0.5) is 0 Å². The van der Waals surface area contributed by atoms with Crippen molar-refractivity contribution in [1.29, 1.82) is 0 Å². The standard InChI is InChI=1S/C9H12N2O/c1-3-8(12)6-9-7(2)10-4-5-11-9/h4-5H,3,6H2,1-2H3. The van der Waals surface area contributed by atoms with Gasteiger partial charge in [-0.15, -0.1) is 0 Å². The van der Waals surface area contributed by atoms with Gasteiger partial charge in [-0.3, -0.25) is 14.8 Å². The normalized spacial score (nSPS) is 9.83. The molecule has 0 fully saturated rings. The van der Waals surface area contributed by atoms with Crippen LogP contribution in [0, 0.1) is 6.92 Å². The van der Waals surface area contributed by atoms with E-state index in [0.29, 0.717) is 12.8 Å². The molecule has 12 heavy (non-hydrogen) atoms. The number of hydrogen-bond donors (Lipinski definition) is 0. The SMILES string of the molecule is CCC(=O)Cc1nccnc1C. The summed E-state index contributed by atoms with van der Waals surface area (Å²) in [7, 11) is 0. The van der Waals surface area contributed by atoms with Gasteiger partial charge in [-0.2, -0.15) is 0 Å². The fourth-order valence-corrected chi connectivity index (χ4v) is 0.922. The number of carbonyl (C=O) groups excluding carboxylic acids is 1. The van der Waals surface area contributed by atoms with Crippen molar-refractivity contribution < 1.29 is 4.79 Å². The molecule has 0 aliphatic heterocycles. The first-order chi connectivity index (χ1) is 5.74. The molecule has 0 unspecified atom stereocenters. The summed E-state index contributed by atoms with van der Waals surface area (Å²) in [6.07, 6.45) is 4.23. The van der Waals surface area contributed by atoms with Crippen molar-refractivity contribution in [3.05, 3.63) is 23.8 Å². The van der Waals surface area contributed by atoms with E-state index in [4.69, 9.17) is 0 Å². The molecule has 0 aromatic carbocycles. The van der Waals surface area contributed by atoms with Gasteiger partial charge < -0.3 is 0 Å². The van der Waals surface area contributed by atoms with Crippen LogP contribution >= 0.6 is 0 Å². The van der Waals surface area contributed by atoms with Gasteiger partial charge in [0.05, 0.1) is 17.8 Å². The second-order valence-corrected chi connectivity index (χ2v) is 2.66. The van der Waals surface area contributed by atoms with E-state index in [2.05, 4.69) is 9.97 Å². The predicted octanol–water partition coefficient (Wildman–Crippen LogP) is 1.31. The second kappa shape index (κ2) is 3.95. The molecule has 0 radical (unpaired) electrons. The Balaban J connectivity index is 2.75. The quantitative estimate of drug-likeness (QED) is 0.676. The molecule has 0 N–H and O–H groups in total. The maximum absolute atomic E-state index is 11.1. The molecule has 1 heterocycles. The number of aromatic nitrogens is 2.